The van der Waals surface area contributed by atoms with Crippen LogP contribution in [0, 0.1) is 17.1 Å². The summed E-state index contributed by atoms with van der Waals surface area (Å²) in [6.07, 6.45) is 5.20. The smallest absolute Gasteiger partial charge is 0.257 e. The number of carbonyl (C=O) groups is 1. The van der Waals surface area contributed by atoms with Gasteiger partial charge in [0.05, 0.1) is 24.0 Å². The van der Waals surface area contributed by atoms with Crippen molar-refractivity contribution in [3.63, 3.8) is 0 Å². The molecule has 29 heavy (non-hydrogen) atoms. The lowest BCUT2D eigenvalue weighted by atomic mass is 9.89. The van der Waals surface area contributed by atoms with E-state index >= 15 is 0 Å². The van der Waals surface area contributed by atoms with E-state index in [2.05, 4.69) is 9.97 Å². The zero-order valence-corrected chi connectivity index (χ0v) is 15.8. The van der Waals surface area contributed by atoms with Crippen molar-refractivity contribution in [2.75, 3.05) is 18.0 Å². The Kier molecular flexibility index (Phi) is 4.21. The molecule has 0 radical (unpaired) electrons. The quantitative estimate of drug-likeness (QED) is 0.780. The normalized spacial score (nSPS) is 25.3. The number of aromatic nitrogens is 2. The van der Waals surface area contributed by atoms with Gasteiger partial charge in [-0.1, -0.05) is 18.2 Å². The second-order valence-electron chi connectivity index (χ2n) is 7.76. The van der Waals surface area contributed by atoms with Crippen LogP contribution in [0.4, 0.5) is 10.3 Å². The maximum Gasteiger partial charge on any atom is 0.257 e. The van der Waals surface area contributed by atoms with Crippen molar-refractivity contribution in [1.82, 2.24) is 14.9 Å². The number of halogens is 1. The number of ether oxygens (including phenoxy) is 1. The summed E-state index contributed by atoms with van der Waals surface area (Å²) < 4.78 is 20.6. The third kappa shape index (κ3) is 2.85. The predicted molar refractivity (Wildman–Crippen MR) is 101 cm³/mol. The van der Waals surface area contributed by atoms with E-state index in [0.717, 1.165) is 6.42 Å². The van der Waals surface area contributed by atoms with Gasteiger partial charge in [0.1, 0.15) is 18.1 Å². The Morgan fingerprint density at radius 2 is 1.90 bits per heavy atom. The number of nitriles is 1. The summed E-state index contributed by atoms with van der Waals surface area (Å²) in [6, 6.07) is 8.40. The zero-order chi connectivity index (χ0) is 20.0. The van der Waals surface area contributed by atoms with Crippen LogP contribution in [-0.2, 0) is 9.53 Å². The Morgan fingerprint density at radius 3 is 2.59 bits per heavy atom. The molecule has 2 atom stereocenters. The van der Waals surface area contributed by atoms with Gasteiger partial charge in [0, 0.05) is 31.5 Å². The van der Waals surface area contributed by atoms with Crippen LogP contribution in [0.5, 0.6) is 0 Å². The van der Waals surface area contributed by atoms with Crippen molar-refractivity contribution in [2.24, 2.45) is 0 Å². The summed E-state index contributed by atoms with van der Waals surface area (Å²) in [4.78, 5) is 25.6. The van der Waals surface area contributed by atoms with Gasteiger partial charge in [-0.2, -0.15) is 5.26 Å². The number of hydrogen-bond acceptors (Lipinski definition) is 6. The van der Waals surface area contributed by atoms with Crippen molar-refractivity contribution >= 4 is 11.9 Å². The van der Waals surface area contributed by atoms with Gasteiger partial charge in [0.25, 0.3) is 5.91 Å². The summed E-state index contributed by atoms with van der Waals surface area (Å²) in [5.41, 5.74) is 0.126. The number of anilines is 1. The first kappa shape index (κ1) is 18.0. The maximum absolute atomic E-state index is 14.3. The van der Waals surface area contributed by atoms with E-state index in [9.17, 15) is 9.18 Å². The molecule has 1 spiro atoms. The molecule has 148 valence electrons. The zero-order valence-electron chi connectivity index (χ0n) is 15.8. The number of piperidine rings is 1. The van der Waals surface area contributed by atoms with E-state index in [4.69, 9.17) is 10.00 Å². The van der Waals surface area contributed by atoms with E-state index in [1.165, 1.54) is 18.5 Å². The van der Waals surface area contributed by atoms with Crippen molar-refractivity contribution in [1.29, 1.82) is 5.26 Å². The van der Waals surface area contributed by atoms with Crippen LogP contribution < -0.4 is 4.90 Å². The summed E-state index contributed by atoms with van der Waals surface area (Å²) in [6.45, 7) is 1.17. The molecule has 0 saturated carbocycles. The number of nitrogens with zero attached hydrogens (tertiary/aromatic N) is 5. The first-order valence-electron chi connectivity index (χ1n) is 9.83. The number of hydrogen-bond donors (Lipinski definition) is 0. The lowest BCUT2D eigenvalue weighted by Crippen LogP contribution is -2.50. The lowest BCUT2D eigenvalue weighted by molar-refractivity contribution is -0.140. The molecule has 5 rings (SSSR count). The number of fused-ring (bicyclic) bond motifs is 1. The molecule has 2 aromatic rings. The Bertz CT molecular complexity index is 981. The van der Waals surface area contributed by atoms with Crippen LogP contribution in [0.2, 0.25) is 0 Å². The third-order valence-corrected chi connectivity index (χ3v) is 6.20. The molecule has 0 bridgehead atoms. The van der Waals surface area contributed by atoms with Gasteiger partial charge in [-0.05, 0) is 18.9 Å². The molecule has 1 aromatic heterocycles. The molecule has 1 aromatic carbocycles. The summed E-state index contributed by atoms with van der Waals surface area (Å²) in [7, 11) is 0. The average molecular weight is 393 g/mol. The first-order valence-corrected chi connectivity index (χ1v) is 9.83. The van der Waals surface area contributed by atoms with Crippen molar-refractivity contribution in [3.05, 3.63) is 53.6 Å². The number of carbonyl (C=O) groups excluding carboxylic acids is 1. The minimum Gasteiger partial charge on any atom is -0.342 e. The molecule has 3 saturated heterocycles. The van der Waals surface area contributed by atoms with Crippen molar-refractivity contribution < 1.29 is 13.9 Å². The summed E-state index contributed by atoms with van der Waals surface area (Å²) >= 11 is 0. The molecule has 7 nitrogen and oxygen atoms in total. The molecular formula is C21H20FN5O2. The fourth-order valence-corrected chi connectivity index (χ4v) is 4.71. The molecule has 3 aliphatic heterocycles. The van der Waals surface area contributed by atoms with Crippen LogP contribution in [0.15, 0.2) is 36.7 Å². The fraction of sp³-hybridized carbons (Fsp3) is 0.429. The van der Waals surface area contributed by atoms with Crippen molar-refractivity contribution in [2.45, 2.75) is 43.6 Å². The molecule has 4 heterocycles. The minimum atomic E-state index is -0.850. The van der Waals surface area contributed by atoms with Gasteiger partial charge < -0.3 is 14.5 Å². The number of benzene rings is 1. The Hall–Kier alpha value is -3.05. The highest BCUT2D eigenvalue weighted by molar-refractivity contribution is 5.88. The molecule has 3 aliphatic rings. The van der Waals surface area contributed by atoms with Crippen LogP contribution in [-0.4, -0.2) is 45.7 Å². The van der Waals surface area contributed by atoms with Gasteiger partial charge in [-0.25, -0.2) is 14.4 Å². The van der Waals surface area contributed by atoms with Crippen LogP contribution in [0.1, 0.15) is 42.9 Å². The minimum absolute atomic E-state index is 0.0337. The fourth-order valence-electron chi connectivity index (χ4n) is 4.71. The van der Waals surface area contributed by atoms with E-state index in [1.807, 2.05) is 11.0 Å². The molecule has 1 amide bonds. The Labute approximate surface area is 167 Å². The van der Waals surface area contributed by atoms with Crippen LogP contribution in [0.25, 0.3) is 0 Å². The maximum atomic E-state index is 14.3. The van der Waals surface area contributed by atoms with Gasteiger partial charge in [-0.15, -0.1) is 0 Å². The van der Waals surface area contributed by atoms with Crippen LogP contribution in [0.3, 0.4) is 0 Å². The summed E-state index contributed by atoms with van der Waals surface area (Å²) in [5, 5.41) is 8.88. The standard InChI is InChI=1S/C21H20FN5O2/c22-16-4-2-1-3-15(16)17-5-6-18-27(17)19(28)21(29-18)7-9-26(10-8-21)20-24-12-14(11-23)13-25-20/h1-4,12-13,17-18H,5-10H2. The predicted octanol–water partition coefficient (Wildman–Crippen LogP) is 2.55. The van der Waals surface area contributed by atoms with E-state index in [-0.39, 0.29) is 24.0 Å². The molecular weight excluding hydrogens is 373 g/mol. The van der Waals surface area contributed by atoms with E-state index in [0.29, 0.717) is 49.4 Å². The number of amides is 1. The van der Waals surface area contributed by atoms with Gasteiger partial charge in [0.15, 0.2) is 5.60 Å². The highest BCUT2D eigenvalue weighted by Crippen LogP contribution is 2.48. The van der Waals surface area contributed by atoms with E-state index in [1.54, 1.807) is 23.1 Å². The monoisotopic (exact) mass is 393 g/mol. The van der Waals surface area contributed by atoms with E-state index < -0.39 is 5.60 Å². The van der Waals surface area contributed by atoms with Gasteiger partial charge in [0.2, 0.25) is 5.95 Å². The SMILES string of the molecule is N#Cc1cnc(N2CCC3(CC2)OC2CCC(c4ccccc4F)N2C3=O)nc1. The summed E-state index contributed by atoms with van der Waals surface area (Å²) in [5.74, 6) is 0.238. The lowest BCUT2D eigenvalue weighted by Gasteiger charge is -2.37. The van der Waals surface area contributed by atoms with Gasteiger partial charge >= 0.3 is 0 Å². The second-order valence-corrected chi connectivity index (χ2v) is 7.76. The second kappa shape index (κ2) is 6.78. The van der Waals surface area contributed by atoms with Gasteiger partial charge in [-0.3, -0.25) is 4.79 Å². The molecule has 0 N–H and O–H groups in total. The third-order valence-electron chi connectivity index (χ3n) is 6.20. The molecule has 0 aliphatic carbocycles. The molecule has 8 heteroatoms. The Balaban J connectivity index is 1.33. The highest BCUT2D eigenvalue weighted by atomic mass is 19.1. The molecule has 2 unspecified atom stereocenters. The Morgan fingerprint density at radius 1 is 1.17 bits per heavy atom. The largest absolute Gasteiger partial charge is 0.342 e. The topological polar surface area (TPSA) is 82.4 Å². The first-order chi connectivity index (χ1) is 14.1. The molecule has 3 fully saturated rings. The van der Waals surface area contributed by atoms with Crippen LogP contribution >= 0.6 is 0 Å². The number of rotatable bonds is 2. The van der Waals surface area contributed by atoms with Crippen molar-refractivity contribution in [3.8, 4) is 6.07 Å². The highest BCUT2D eigenvalue weighted by Gasteiger charge is 2.58. The average Bonchev–Trinajstić information content (AvgIpc) is 3.27.